The smallest absolute Gasteiger partial charge is 0.407 e. The van der Waals surface area contributed by atoms with E-state index in [9.17, 15) is 9.59 Å². The molecule has 0 spiro atoms. The Labute approximate surface area is 142 Å². The van der Waals surface area contributed by atoms with E-state index in [4.69, 9.17) is 14.2 Å². The second-order valence-corrected chi connectivity index (χ2v) is 6.14. The SMILES string of the molecule is COc1ccc(N(CCNC(=O)OC(C)(C)C)C(C)=O)cc1OC. The average molecular weight is 338 g/mol. The van der Waals surface area contributed by atoms with Crippen LogP contribution in [-0.2, 0) is 9.53 Å². The number of ether oxygens (including phenoxy) is 3. The summed E-state index contributed by atoms with van der Waals surface area (Å²) >= 11 is 0. The Morgan fingerprint density at radius 2 is 1.75 bits per heavy atom. The molecule has 0 saturated carbocycles. The molecule has 1 aromatic carbocycles. The first kappa shape index (κ1) is 19.6. The van der Waals surface area contributed by atoms with E-state index >= 15 is 0 Å². The van der Waals surface area contributed by atoms with Gasteiger partial charge in [0.2, 0.25) is 5.91 Å². The van der Waals surface area contributed by atoms with Crippen LogP contribution < -0.4 is 19.7 Å². The Bertz CT molecular complexity index is 581. The number of hydrogen-bond donors (Lipinski definition) is 1. The van der Waals surface area contributed by atoms with Gasteiger partial charge in [0, 0.05) is 31.8 Å². The molecule has 134 valence electrons. The number of carbonyl (C=O) groups is 2. The minimum atomic E-state index is -0.562. The van der Waals surface area contributed by atoms with Crippen LogP contribution in [0.1, 0.15) is 27.7 Å². The van der Waals surface area contributed by atoms with E-state index in [1.807, 2.05) is 0 Å². The lowest BCUT2D eigenvalue weighted by molar-refractivity contribution is -0.116. The largest absolute Gasteiger partial charge is 0.493 e. The molecule has 0 bridgehead atoms. The van der Waals surface area contributed by atoms with Crippen molar-refractivity contribution in [3.63, 3.8) is 0 Å². The molecule has 0 radical (unpaired) electrons. The van der Waals surface area contributed by atoms with Crippen molar-refractivity contribution in [3.05, 3.63) is 18.2 Å². The van der Waals surface area contributed by atoms with Gasteiger partial charge in [-0.3, -0.25) is 4.79 Å². The molecule has 2 amide bonds. The Morgan fingerprint density at radius 1 is 1.12 bits per heavy atom. The molecule has 0 atom stereocenters. The second kappa shape index (κ2) is 8.42. The molecule has 0 fully saturated rings. The highest BCUT2D eigenvalue weighted by atomic mass is 16.6. The molecule has 1 rings (SSSR count). The summed E-state index contributed by atoms with van der Waals surface area (Å²) in [5.41, 5.74) is 0.0967. The predicted octanol–water partition coefficient (Wildman–Crippen LogP) is 2.58. The summed E-state index contributed by atoms with van der Waals surface area (Å²) < 4.78 is 15.6. The van der Waals surface area contributed by atoms with Gasteiger partial charge in [-0.15, -0.1) is 0 Å². The van der Waals surface area contributed by atoms with Crippen LogP contribution in [0.2, 0.25) is 0 Å². The van der Waals surface area contributed by atoms with Crippen molar-refractivity contribution in [3.8, 4) is 11.5 Å². The first-order valence-electron chi connectivity index (χ1n) is 7.65. The number of benzene rings is 1. The quantitative estimate of drug-likeness (QED) is 0.863. The number of carbonyl (C=O) groups excluding carboxylic acids is 2. The van der Waals surface area contributed by atoms with Gasteiger partial charge in [0.1, 0.15) is 5.60 Å². The zero-order valence-electron chi connectivity index (χ0n) is 15.1. The Morgan fingerprint density at radius 3 is 2.25 bits per heavy atom. The van der Waals surface area contributed by atoms with Crippen LogP contribution in [0.3, 0.4) is 0 Å². The monoisotopic (exact) mass is 338 g/mol. The lowest BCUT2D eigenvalue weighted by Gasteiger charge is -2.23. The molecule has 7 nitrogen and oxygen atoms in total. The maximum absolute atomic E-state index is 11.9. The molecule has 0 aromatic heterocycles. The molecule has 0 aliphatic rings. The third-order valence-corrected chi connectivity index (χ3v) is 3.06. The van der Waals surface area contributed by atoms with Crippen LogP contribution in [0.4, 0.5) is 10.5 Å². The number of hydrogen-bond acceptors (Lipinski definition) is 5. The fourth-order valence-electron chi connectivity index (χ4n) is 2.05. The molecule has 7 heteroatoms. The molecule has 0 heterocycles. The number of alkyl carbamates (subject to hydrolysis) is 1. The summed E-state index contributed by atoms with van der Waals surface area (Å²) in [7, 11) is 3.08. The molecule has 24 heavy (non-hydrogen) atoms. The van der Waals surface area contributed by atoms with Gasteiger partial charge in [-0.25, -0.2) is 4.79 Å². The second-order valence-electron chi connectivity index (χ2n) is 6.14. The molecular formula is C17H26N2O5. The highest BCUT2D eigenvalue weighted by Gasteiger charge is 2.17. The van der Waals surface area contributed by atoms with Gasteiger partial charge < -0.3 is 24.4 Å². The predicted molar refractivity (Wildman–Crippen MR) is 91.8 cm³/mol. The number of rotatable bonds is 6. The van der Waals surface area contributed by atoms with Gasteiger partial charge in [0.05, 0.1) is 14.2 Å². The molecule has 0 aliphatic carbocycles. The van der Waals surface area contributed by atoms with Crippen molar-refractivity contribution in [2.75, 3.05) is 32.2 Å². The highest BCUT2D eigenvalue weighted by molar-refractivity contribution is 5.92. The Kier molecular flexibility index (Phi) is 6.88. The fourth-order valence-corrected chi connectivity index (χ4v) is 2.05. The van der Waals surface area contributed by atoms with E-state index in [1.54, 1.807) is 51.0 Å². The van der Waals surface area contributed by atoms with Gasteiger partial charge in [0.15, 0.2) is 11.5 Å². The molecule has 0 unspecified atom stereocenters. The number of methoxy groups -OCH3 is 2. The van der Waals surface area contributed by atoms with E-state index < -0.39 is 11.7 Å². The third kappa shape index (κ3) is 5.98. The average Bonchev–Trinajstić information content (AvgIpc) is 2.48. The normalized spacial score (nSPS) is 10.8. The fraction of sp³-hybridized carbons (Fsp3) is 0.529. The van der Waals surface area contributed by atoms with E-state index in [0.717, 1.165) is 0 Å². The van der Waals surface area contributed by atoms with Crippen molar-refractivity contribution >= 4 is 17.7 Å². The van der Waals surface area contributed by atoms with Gasteiger partial charge in [-0.05, 0) is 32.9 Å². The standard InChI is InChI=1S/C17H26N2O5/c1-12(20)19(10-9-18-16(21)24-17(2,3)4)13-7-8-14(22-5)15(11-13)23-6/h7-8,11H,9-10H2,1-6H3,(H,18,21). The lowest BCUT2D eigenvalue weighted by atomic mass is 10.2. The third-order valence-electron chi connectivity index (χ3n) is 3.06. The number of nitrogens with zero attached hydrogens (tertiary/aromatic N) is 1. The van der Waals surface area contributed by atoms with E-state index in [-0.39, 0.29) is 12.5 Å². The van der Waals surface area contributed by atoms with Crippen LogP contribution in [-0.4, -0.2) is 44.9 Å². The summed E-state index contributed by atoms with van der Waals surface area (Å²) in [6.07, 6.45) is -0.515. The van der Waals surface area contributed by atoms with Gasteiger partial charge in [-0.2, -0.15) is 0 Å². The summed E-state index contributed by atoms with van der Waals surface area (Å²) in [6.45, 7) is 7.41. The first-order valence-corrected chi connectivity index (χ1v) is 7.65. The molecule has 0 aliphatic heterocycles. The zero-order chi connectivity index (χ0) is 18.3. The van der Waals surface area contributed by atoms with Crippen molar-refractivity contribution in [2.45, 2.75) is 33.3 Å². The number of anilines is 1. The summed E-state index contributed by atoms with van der Waals surface area (Å²) in [5, 5.41) is 2.63. The van der Waals surface area contributed by atoms with Gasteiger partial charge in [-0.1, -0.05) is 0 Å². The summed E-state index contributed by atoms with van der Waals surface area (Å²) in [6, 6.07) is 5.20. The maximum Gasteiger partial charge on any atom is 0.407 e. The number of nitrogens with one attached hydrogen (secondary N) is 1. The summed E-state index contributed by atoms with van der Waals surface area (Å²) in [5.74, 6) is 0.964. The van der Waals surface area contributed by atoms with E-state index in [2.05, 4.69) is 5.32 Å². The highest BCUT2D eigenvalue weighted by Crippen LogP contribution is 2.31. The molecule has 0 saturated heterocycles. The van der Waals surface area contributed by atoms with Crippen LogP contribution in [0, 0.1) is 0 Å². The zero-order valence-corrected chi connectivity index (χ0v) is 15.1. The Hall–Kier alpha value is -2.44. The van der Waals surface area contributed by atoms with Crippen LogP contribution >= 0.6 is 0 Å². The minimum absolute atomic E-state index is 0.145. The first-order chi connectivity index (χ1) is 11.2. The van der Waals surface area contributed by atoms with Crippen LogP contribution in [0.25, 0.3) is 0 Å². The molecule has 1 aromatic rings. The molecular weight excluding hydrogens is 312 g/mol. The van der Waals surface area contributed by atoms with Gasteiger partial charge >= 0.3 is 6.09 Å². The Balaban J connectivity index is 2.75. The van der Waals surface area contributed by atoms with Crippen LogP contribution in [0.5, 0.6) is 11.5 Å². The van der Waals surface area contributed by atoms with Crippen molar-refractivity contribution in [2.24, 2.45) is 0 Å². The van der Waals surface area contributed by atoms with Crippen molar-refractivity contribution in [1.82, 2.24) is 5.32 Å². The van der Waals surface area contributed by atoms with Gasteiger partial charge in [0.25, 0.3) is 0 Å². The topological polar surface area (TPSA) is 77.1 Å². The molecule has 1 N–H and O–H groups in total. The van der Waals surface area contributed by atoms with Crippen molar-refractivity contribution in [1.29, 1.82) is 0 Å². The van der Waals surface area contributed by atoms with E-state index in [0.29, 0.717) is 23.7 Å². The summed E-state index contributed by atoms with van der Waals surface area (Å²) in [4.78, 5) is 25.1. The maximum atomic E-state index is 11.9. The van der Waals surface area contributed by atoms with Crippen molar-refractivity contribution < 1.29 is 23.8 Å². The van der Waals surface area contributed by atoms with E-state index in [1.165, 1.54) is 14.0 Å². The van der Waals surface area contributed by atoms with Crippen LogP contribution in [0.15, 0.2) is 18.2 Å². The minimum Gasteiger partial charge on any atom is -0.493 e. The lowest BCUT2D eigenvalue weighted by Crippen LogP contribution is -2.39. The number of amides is 2.